The Labute approximate surface area is 112 Å². The smallest absolute Gasteiger partial charge is 0.273 e. The zero-order valence-corrected chi connectivity index (χ0v) is 11.1. The number of aryl methyl sites for hydroxylation is 1. The van der Waals surface area contributed by atoms with Gasteiger partial charge in [-0.05, 0) is 11.5 Å². The second kappa shape index (κ2) is 5.56. The molecule has 0 saturated carbocycles. The van der Waals surface area contributed by atoms with Crippen molar-refractivity contribution in [3.8, 4) is 0 Å². The maximum Gasteiger partial charge on any atom is 0.273 e. The van der Waals surface area contributed by atoms with Crippen LogP contribution in [0.2, 0.25) is 0 Å². The predicted molar refractivity (Wildman–Crippen MR) is 74.8 cm³/mol. The molecule has 0 spiro atoms. The maximum absolute atomic E-state index is 11.9. The summed E-state index contributed by atoms with van der Waals surface area (Å²) < 4.78 is 1.53. The minimum atomic E-state index is -0.235. The molecule has 2 rings (SSSR count). The molecule has 3 N–H and O–H groups in total. The van der Waals surface area contributed by atoms with E-state index in [0.29, 0.717) is 12.2 Å². The van der Waals surface area contributed by atoms with Gasteiger partial charge < -0.3 is 11.1 Å². The summed E-state index contributed by atoms with van der Waals surface area (Å²) in [5.74, 6) is 0.0102. The average Bonchev–Trinajstić information content (AvgIpc) is 2.75. The number of hydrogen-bond donors (Lipinski definition) is 2. The number of anilines is 1. The zero-order chi connectivity index (χ0) is 13.8. The van der Waals surface area contributed by atoms with Crippen LogP contribution in [0.3, 0.4) is 0 Å². The number of aromatic nitrogens is 2. The van der Waals surface area contributed by atoms with Gasteiger partial charge in [0.05, 0.1) is 5.69 Å². The third kappa shape index (κ3) is 3.13. The molecule has 0 bridgehead atoms. The molecule has 1 unspecified atom stereocenters. The van der Waals surface area contributed by atoms with Crippen LogP contribution in [0.1, 0.15) is 28.9 Å². The lowest BCUT2D eigenvalue weighted by Gasteiger charge is -2.12. The molecule has 1 atom stereocenters. The van der Waals surface area contributed by atoms with Crippen molar-refractivity contribution < 1.29 is 4.79 Å². The van der Waals surface area contributed by atoms with E-state index in [4.69, 9.17) is 5.73 Å². The molecule has 0 radical (unpaired) electrons. The van der Waals surface area contributed by atoms with E-state index in [9.17, 15) is 4.79 Å². The number of hydrogen-bond acceptors (Lipinski definition) is 3. The van der Waals surface area contributed by atoms with Crippen molar-refractivity contribution >= 4 is 11.6 Å². The van der Waals surface area contributed by atoms with Crippen molar-refractivity contribution in [2.75, 3.05) is 12.3 Å². The quantitative estimate of drug-likeness (QED) is 0.873. The second-order valence-electron chi connectivity index (χ2n) is 4.63. The van der Waals surface area contributed by atoms with Gasteiger partial charge in [-0.1, -0.05) is 37.3 Å². The topological polar surface area (TPSA) is 72.9 Å². The van der Waals surface area contributed by atoms with Gasteiger partial charge in [-0.15, -0.1) is 0 Å². The fraction of sp³-hybridized carbons (Fsp3) is 0.286. The van der Waals surface area contributed by atoms with Gasteiger partial charge >= 0.3 is 0 Å². The predicted octanol–water partition coefficient (Wildman–Crippen LogP) is 1.54. The van der Waals surface area contributed by atoms with E-state index in [2.05, 4.69) is 17.3 Å². The van der Waals surface area contributed by atoms with Crippen LogP contribution in [0.15, 0.2) is 36.5 Å². The number of nitrogen functional groups attached to an aromatic ring is 1. The van der Waals surface area contributed by atoms with E-state index >= 15 is 0 Å². The van der Waals surface area contributed by atoms with Crippen LogP contribution in [0, 0.1) is 0 Å². The molecule has 5 heteroatoms. The highest BCUT2D eigenvalue weighted by Gasteiger charge is 2.15. The Hall–Kier alpha value is -2.30. The SMILES string of the molecule is CC(CNC(=O)c1nn(C)cc1N)c1ccccc1. The summed E-state index contributed by atoms with van der Waals surface area (Å²) in [6.45, 7) is 2.62. The minimum Gasteiger partial charge on any atom is -0.396 e. The Balaban J connectivity index is 1.96. The van der Waals surface area contributed by atoms with Crippen LogP contribution in [0.4, 0.5) is 5.69 Å². The number of amides is 1. The molecule has 0 aliphatic carbocycles. The molecular formula is C14H18N4O. The first-order valence-electron chi connectivity index (χ1n) is 6.20. The number of nitrogens with one attached hydrogen (secondary N) is 1. The first-order chi connectivity index (χ1) is 9.08. The Morgan fingerprint density at radius 1 is 1.42 bits per heavy atom. The van der Waals surface area contributed by atoms with E-state index in [1.54, 1.807) is 13.2 Å². The standard InChI is InChI=1S/C14H18N4O/c1-10(11-6-4-3-5-7-11)8-16-14(19)13-12(15)9-18(2)17-13/h3-7,9-10H,8,15H2,1-2H3,(H,16,19). The lowest BCUT2D eigenvalue weighted by atomic mass is 10.0. The van der Waals surface area contributed by atoms with E-state index in [1.807, 2.05) is 30.3 Å². The van der Waals surface area contributed by atoms with Crippen LogP contribution in [-0.4, -0.2) is 22.2 Å². The lowest BCUT2D eigenvalue weighted by molar-refractivity contribution is 0.0947. The van der Waals surface area contributed by atoms with Crippen LogP contribution in [-0.2, 0) is 7.05 Å². The van der Waals surface area contributed by atoms with Crippen LogP contribution in [0.25, 0.3) is 0 Å². The minimum absolute atomic E-state index is 0.235. The van der Waals surface area contributed by atoms with E-state index in [1.165, 1.54) is 10.2 Å². The van der Waals surface area contributed by atoms with E-state index < -0.39 is 0 Å². The van der Waals surface area contributed by atoms with Gasteiger partial charge in [0.2, 0.25) is 0 Å². The molecule has 5 nitrogen and oxygen atoms in total. The summed E-state index contributed by atoms with van der Waals surface area (Å²) >= 11 is 0. The van der Waals surface area contributed by atoms with Gasteiger partial charge in [-0.25, -0.2) is 0 Å². The van der Waals surface area contributed by atoms with Crippen molar-refractivity contribution in [3.05, 3.63) is 47.8 Å². The summed E-state index contributed by atoms with van der Waals surface area (Å²) in [6, 6.07) is 10.1. The van der Waals surface area contributed by atoms with Gasteiger partial charge in [0, 0.05) is 19.8 Å². The summed E-state index contributed by atoms with van der Waals surface area (Å²) in [6.07, 6.45) is 1.62. The summed E-state index contributed by atoms with van der Waals surface area (Å²) in [4.78, 5) is 11.9. The molecule has 2 aromatic rings. The first kappa shape index (κ1) is 13.1. The molecular weight excluding hydrogens is 240 g/mol. The van der Waals surface area contributed by atoms with Gasteiger partial charge in [-0.2, -0.15) is 5.10 Å². The second-order valence-corrected chi connectivity index (χ2v) is 4.63. The number of rotatable bonds is 4. The van der Waals surface area contributed by atoms with Crippen LogP contribution in [0.5, 0.6) is 0 Å². The largest absolute Gasteiger partial charge is 0.396 e. The first-order valence-corrected chi connectivity index (χ1v) is 6.20. The number of nitrogens with two attached hydrogens (primary N) is 1. The van der Waals surface area contributed by atoms with Crippen molar-refractivity contribution in [2.24, 2.45) is 7.05 Å². The Morgan fingerprint density at radius 3 is 2.68 bits per heavy atom. The zero-order valence-electron chi connectivity index (χ0n) is 11.1. The molecule has 0 aliphatic heterocycles. The van der Waals surface area contributed by atoms with Crippen molar-refractivity contribution in [3.63, 3.8) is 0 Å². The van der Waals surface area contributed by atoms with Gasteiger partial charge in [0.15, 0.2) is 5.69 Å². The van der Waals surface area contributed by atoms with Crippen molar-refractivity contribution in [1.82, 2.24) is 15.1 Å². The molecule has 1 amide bonds. The fourth-order valence-electron chi connectivity index (χ4n) is 1.91. The Kier molecular flexibility index (Phi) is 3.85. The van der Waals surface area contributed by atoms with Crippen molar-refractivity contribution in [1.29, 1.82) is 0 Å². The third-order valence-corrected chi connectivity index (χ3v) is 3.01. The normalized spacial score (nSPS) is 12.1. The molecule has 0 saturated heterocycles. The van der Waals surface area contributed by atoms with Crippen molar-refractivity contribution in [2.45, 2.75) is 12.8 Å². The number of benzene rings is 1. The molecule has 1 aromatic heterocycles. The molecule has 1 aromatic carbocycles. The molecule has 100 valence electrons. The number of carbonyl (C=O) groups is 1. The third-order valence-electron chi connectivity index (χ3n) is 3.01. The fourth-order valence-corrected chi connectivity index (χ4v) is 1.91. The van der Waals surface area contributed by atoms with Crippen LogP contribution < -0.4 is 11.1 Å². The highest BCUT2D eigenvalue weighted by molar-refractivity contribution is 5.97. The van der Waals surface area contributed by atoms with E-state index in [0.717, 1.165) is 0 Å². The monoisotopic (exact) mass is 258 g/mol. The Bertz CT molecular complexity index is 562. The average molecular weight is 258 g/mol. The van der Waals surface area contributed by atoms with Gasteiger partial charge in [0.1, 0.15) is 0 Å². The highest BCUT2D eigenvalue weighted by Crippen LogP contribution is 2.14. The summed E-state index contributed by atoms with van der Waals surface area (Å²) in [5, 5.41) is 6.90. The summed E-state index contributed by atoms with van der Waals surface area (Å²) in [5.41, 5.74) is 7.58. The molecule has 1 heterocycles. The highest BCUT2D eigenvalue weighted by atomic mass is 16.1. The van der Waals surface area contributed by atoms with Gasteiger partial charge in [0.25, 0.3) is 5.91 Å². The lowest BCUT2D eigenvalue weighted by Crippen LogP contribution is -2.28. The van der Waals surface area contributed by atoms with Crippen LogP contribution >= 0.6 is 0 Å². The Morgan fingerprint density at radius 2 is 2.11 bits per heavy atom. The molecule has 19 heavy (non-hydrogen) atoms. The molecule has 0 fully saturated rings. The van der Waals surface area contributed by atoms with Gasteiger partial charge in [-0.3, -0.25) is 9.48 Å². The number of carbonyl (C=O) groups excluding carboxylic acids is 1. The van der Waals surface area contributed by atoms with E-state index in [-0.39, 0.29) is 17.5 Å². The maximum atomic E-state index is 11.9. The molecule has 0 aliphatic rings. The number of nitrogens with zero attached hydrogens (tertiary/aromatic N) is 2. The summed E-state index contributed by atoms with van der Waals surface area (Å²) in [7, 11) is 1.74.